The van der Waals surface area contributed by atoms with Crippen LogP contribution in [0.2, 0.25) is 6.04 Å². The zero-order valence-electron chi connectivity index (χ0n) is 9.32. The second-order valence-corrected chi connectivity index (χ2v) is 7.46. The summed E-state index contributed by atoms with van der Waals surface area (Å²) in [5, 5.41) is 0. The van der Waals surface area contributed by atoms with Crippen LogP contribution in [0.5, 0.6) is 0 Å². The summed E-state index contributed by atoms with van der Waals surface area (Å²) in [5.41, 5.74) is 0. The van der Waals surface area contributed by atoms with Crippen LogP contribution in [0.25, 0.3) is 0 Å². The maximum Gasteiger partial charge on any atom is 0.322 e. The second kappa shape index (κ2) is 8.59. The lowest BCUT2D eigenvalue weighted by Crippen LogP contribution is -2.26. The van der Waals surface area contributed by atoms with E-state index in [1.54, 1.807) is 13.8 Å². The van der Waals surface area contributed by atoms with Gasteiger partial charge in [0.25, 0.3) is 0 Å². The molecule has 0 unspecified atom stereocenters. The van der Waals surface area contributed by atoms with Crippen molar-refractivity contribution >= 4 is 41.8 Å². The fraction of sp³-hybridized carbons (Fsp3) is 0.900. The standard InChI is InChI=1S/C10H18BrClO2Si/c1-10(2,11)9(13)14-7-5-3-4-6-8-15-12/h3-8H2,1-2H3. The molecule has 0 bridgehead atoms. The van der Waals surface area contributed by atoms with Crippen molar-refractivity contribution < 1.29 is 9.53 Å². The first-order chi connectivity index (χ1) is 6.98. The molecule has 0 saturated carbocycles. The van der Waals surface area contributed by atoms with Gasteiger partial charge in [-0.25, -0.2) is 0 Å². The van der Waals surface area contributed by atoms with E-state index in [0.29, 0.717) is 15.4 Å². The van der Waals surface area contributed by atoms with Crippen LogP contribution in [0.15, 0.2) is 0 Å². The maximum absolute atomic E-state index is 11.3. The Morgan fingerprint density at radius 1 is 1.33 bits per heavy atom. The highest BCUT2D eigenvalue weighted by atomic mass is 79.9. The van der Waals surface area contributed by atoms with Gasteiger partial charge in [0.1, 0.15) is 4.32 Å². The molecule has 88 valence electrons. The van der Waals surface area contributed by atoms with Gasteiger partial charge in [-0.15, -0.1) is 0 Å². The topological polar surface area (TPSA) is 26.3 Å². The van der Waals surface area contributed by atoms with Gasteiger partial charge in [0.15, 0.2) is 8.83 Å². The Kier molecular flexibility index (Phi) is 8.85. The van der Waals surface area contributed by atoms with Crippen molar-refractivity contribution in [3.05, 3.63) is 0 Å². The lowest BCUT2D eigenvalue weighted by atomic mass is 10.2. The molecule has 0 amide bonds. The number of hydrogen-bond acceptors (Lipinski definition) is 2. The van der Waals surface area contributed by atoms with Gasteiger partial charge in [-0.05, 0) is 26.3 Å². The highest BCUT2D eigenvalue weighted by Gasteiger charge is 2.24. The summed E-state index contributed by atoms with van der Waals surface area (Å²) in [4.78, 5) is 11.3. The van der Waals surface area contributed by atoms with Crippen molar-refractivity contribution in [2.24, 2.45) is 0 Å². The van der Waals surface area contributed by atoms with E-state index >= 15 is 0 Å². The molecule has 0 aromatic carbocycles. The number of carbonyl (C=O) groups excluding carboxylic acids is 1. The molecular formula is C10H18BrClO2Si. The number of esters is 1. The van der Waals surface area contributed by atoms with E-state index in [1.807, 2.05) is 0 Å². The highest BCUT2D eigenvalue weighted by molar-refractivity contribution is 9.10. The molecule has 0 aliphatic heterocycles. The van der Waals surface area contributed by atoms with E-state index in [-0.39, 0.29) is 5.97 Å². The van der Waals surface area contributed by atoms with Crippen LogP contribution < -0.4 is 0 Å². The smallest absolute Gasteiger partial charge is 0.322 e. The molecule has 0 spiro atoms. The summed E-state index contributed by atoms with van der Waals surface area (Å²) in [6.07, 6.45) is 4.41. The molecule has 0 aromatic heterocycles. The summed E-state index contributed by atoms with van der Waals surface area (Å²) >= 11 is 8.85. The molecule has 2 nitrogen and oxygen atoms in total. The minimum absolute atomic E-state index is 0.190. The van der Waals surface area contributed by atoms with Gasteiger partial charge in [0.05, 0.1) is 6.61 Å². The predicted molar refractivity (Wildman–Crippen MR) is 68.8 cm³/mol. The maximum atomic E-state index is 11.3. The monoisotopic (exact) mass is 312 g/mol. The molecule has 0 aliphatic carbocycles. The Morgan fingerprint density at radius 3 is 2.47 bits per heavy atom. The molecule has 0 aromatic rings. The third-order valence-corrected chi connectivity index (χ3v) is 3.32. The summed E-state index contributed by atoms with van der Waals surface area (Å²) in [7, 11) is 0.539. The van der Waals surface area contributed by atoms with E-state index < -0.39 is 4.32 Å². The fourth-order valence-corrected chi connectivity index (χ4v) is 1.88. The Morgan fingerprint density at radius 2 is 1.93 bits per heavy atom. The van der Waals surface area contributed by atoms with Crippen LogP contribution in [0, 0.1) is 0 Å². The van der Waals surface area contributed by atoms with Gasteiger partial charge in [-0.1, -0.05) is 35.2 Å². The molecule has 15 heavy (non-hydrogen) atoms. The van der Waals surface area contributed by atoms with E-state index in [2.05, 4.69) is 15.9 Å². The number of ether oxygens (including phenoxy) is 1. The predicted octanol–water partition coefficient (Wildman–Crippen LogP) is 3.54. The van der Waals surface area contributed by atoms with Crippen molar-refractivity contribution in [3.8, 4) is 0 Å². The first kappa shape index (κ1) is 15.5. The fourth-order valence-electron chi connectivity index (χ4n) is 0.984. The third kappa shape index (κ3) is 9.39. The summed E-state index contributed by atoms with van der Waals surface area (Å²) in [6, 6.07) is 1.11. The highest BCUT2D eigenvalue weighted by Crippen LogP contribution is 2.17. The van der Waals surface area contributed by atoms with E-state index in [9.17, 15) is 4.79 Å². The largest absolute Gasteiger partial charge is 0.465 e. The first-order valence-corrected chi connectivity index (χ1v) is 8.19. The molecular weight excluding hydrogens is 296 g/mol. The van der Waals surface area contributed by atoms with Crippen molar-refractivity contribution in [2.45, 2.75) is 49.9 Å². The molecule has 0 rings (SSSR count). The van der Waals surface area contributed by atoms with Crippen LogP contribution in [0.4, 0.5) is 0 Å². The number of unbranched alkanes of at least 4 members (excludes halogenated alkanes) is 3. The van der Waals surface area contributed by atoms with Gasteiger partial charge in [0, 0.05) is 0 Å². The Bertz CT molecular complexity index is 183. The minimum Gasteiger partial charge on any atom is -0.465 e. The molecule has 0 atom stereocenters. The number of halogens is 2. The Labute approximate surface area is 108 Å². The van der Waals surface area contributed by atoms with Crippen LogP contribution in [-0.2, 0) is 9.53 Å². The summed E-state index contributed by atoms with van der Waals surface area (Å²) in [6.45, 7) is 4.10. The Hall–Kier alpha value is 0.457. The minimum atomic E-state index is -0.563. The van der Waals surface area contributed by atoms with Gasteiger partial charge >= 0.3 is 5.97 Å². The number of alkyl halides is 1. The zero-order chi connectivity index (χ0) is 11.7. The van der Waals surface area contributed by atoms with E-state index in [0.717, 1.165) is 18.9 Å². The van der Waals surface area contributed by atoms with Crippen LogP contribution in [0.3, 0.4) is 0 Å². The van der Waals surface area contributed by atoms with E-state index in [4.69, 9.17) is 15.8 Å². The normalized spacial score (nSPS) is 11.5. The van der Waals surface area contributed by atoms with Crippen LogP contribution in [-0.4, -0.2) is 25.7 Å². The molecule has 0 saturated heterocycles. The van der Waals surface area contributed by atoms with Crippen LogP contribution in [0.1, 0.15) is 39.5 Å². The van der Waals surface area contributed by atoms with Crippen molar-refractivity contribution in [3.63, 3.8) is 0 Å². The molecule has 0 aliphatic rings. The van der Waals surface area contributed by atoms with Crippen LogP contribution >= 0.6 is 27.0 Å². The lowest BCUT2D eigenvalue weighted by Gasteiger charge is -2.14. The SMILES string of the molecule is CC(C)(Br)C(=O)OCCCCCC[Si]Cl. The first-order valence-electron chi connectivity index (χ1n) is 5.18. The quantitative estimate of drug-likeness (QED) is 0.225. The lowest BCUT2D eigenvalue weighted by molar-refractivity contribution is -0.145. The number of hydrogen-bond donors (Lipinski definition) is 0. The average Bonchev–Trinajstić information content (AvgIpc) is 2.14. The third-order valence-electron chi connectivity index (χ3n) is 1.88. The van der Waals surface area contributed by atoms with Crippen molar-refractivity contribution in [2.75, 3.05) is 6.61 Å². The number of carbonyl (C=O) groups is 1. The van der Waals surface area contributed by atoms with Gasteiger partial charge in [0.2, 0.25) is 0 Å². The summed E-state index contributed by atoms with van der Waals surface area (Å²) < 4.78 is 4.54. The van der Waals surface area contributed by atoms with Gasteiger partial charge in [-0.2, -0.15) is 11.1 Å². The van der Waals surface area contributed by atoms with Crippen molar-refractivity contribution in [1.29, 1.82) is 0 Å². The van der Waals surface area contributed by atoms with E-state index in [1.165, 1.54) is 12.8 Å². The second-order valence-electron chi connectivity index (χ2n) is 3.91. The summed E-state index contributed by atoms with van der Waals surface area (Å²) in [5.74, 6) is -0.190. The molecule has 0 fully saturated rings. The van der Waals surface area contributed by atoms with Gasteiger partial charge in [-0.3, -0.25) is 4.79 Å². The number of rotatable bonds is 8. The Balaban J connectivity index is 3.28. The molecule has 0 heterocycles. The molecule has 5 heteroatoms. The average molecular weight is 314 g/mol. The molecule has 2 radical (unpaired) electrons. The van der Waals surface area contributed by atoms with Gasteiger partial charge < -0.3 is 4.74 Å². The van der Waals surface area contributed by atoms with Crippen molar-refractivity contribution in [1.82, 2.24) is 0 Å². The molecule has 0 N–H and O–H groups in total. The zero-order valence-corrected chi connectivity index (χ0v) is 12.7.